The molecule has 0 saturated heterocycles. The summed E-state index contributed by atoms with van der Waals surface area (Å²) in [5, 5.41) is 3.58. The Labute approximate surface area is 111 Å². The normalized spacial score (nSPS) is 13.0. The topological polar surface area (TPSA) is 55.9 Å². The van der Waals surface area contributed by atoms with E-state index in [1.54, 1.807) is 0 Å². The lowest BCUT2D eigenvalue weighted by molar-refractivity contribution is 0.240. The van der Waals surface area contributed by atoms with Crippen molar-refractivity contribution < 1.29 is 0 Å². The largest absolute Gasteiger partial charge is 0.336 e. The van der Waals surface area contributed by atoms with E-state index in [4.69, 9.17) is 5.73 Å². The van der Waals surface area contributed by atoms with E-state index in [1.807, 2.05) is 10.9 Å². The molecule has 1 aromatic rings. The van der Waals surface area contributed by atoms with Gasteiger partial charge in [-0.05, 0) is 25.7 Å². The quantitative estimate of drug-likeness (QED) is 0.815. The summed E-state index contributed by atoms with van der Waals surface area (Å²) in [6, 6.07) is 0. The molecule has 1 rings (SSSR count). The second-order valence-electron chi connectivity index (χ2n) is 6.87. The van der Waals surface area contributed by atoms with Gasteiger partial charge in [-0.15, -0.1) is 0 Å². The van der Waals surface area contributed by atoms with Crippen molar-refractivity contribution in [2.24, 2.45) is 11.1 Å². The second kappa shape index (κ2) is 5.85. The highest BCUT2D eigenvalue weighted by molar-refractivity contribution is 4.98. The van der Waals surface area contributed by atoms with Crippen molar-refractivity contribution >= 4 is 0 Å². The number of nitrogens with zero attached hydrogens (tertiary/aromatic N) is 2. The van der Waals surface area contributed by atoms with Crippen molar-refractivity contribution in [1.29, 1.82) is 0 Å². The van der Waals surface area contributed by atoms with Crippen molar-refractivity contribution in [2.75, 3.05) is 6.54 Å². The van der Waals surface area contributed by atoms with Crippen molar-refractivity contribution in [2.45, 2.75) is 59.7 Å². The SMILES string of the molecule is CC(C)(C)CC(C)(C)NCc1cn(CCN)cn1. The van der Waals surface area contributed by atoms with Gasteiger partial charge in [0.15, 0.2) is 0 Å². The molecule has 3 N–H and O–H groups in total. The molecule has 0 unspecified atom stereocenters. The van der Waals surface area contributed by atoms with E-state index in [0.29, 0.717) is 12.0 Å². The number of imidazole rings is 1. The van der Waals surface area contributed by atoms with E-state index in [9.17, 15) is 0 Å². The standard InChI is InChI=1S/C14H28N4/c1-13(2,3)10-14(4,5)17-8-12-9-18(7-6-15)11-16-12/h9,11,17H,6-8,10,15H2,1-5H3. The minimum atomic E-state index is 0.121. The Balaban J connectivity index is 2.48. The molecule has 0 aliphatic carbocycles. The van der Waals surface area contributed by atoms with Gasteiger partial charge in [-0.25, -0.2) is 4.98 Å². The molecule has 0 spiro atoms. The molecule has 0 aliphatic rings. The predicted octanol–water partition coefficient (Wildman–Crippen LogP) is 2.15. The first-order valence-corrected chi connectivity index (χ1v) is 6.68. The molecule has 0 aliphatic heterocycles. The van der Waals surface area contributed by atoms with Crippen LogP contribution in [0.1, 0.15) is 46.7 Å². The minimum absolute atomic E-state index is 0.121. The van der Waals surface area contributed by atoms with Crippen LogP contribution in [0.25, 0.3) is 0 Å². The highest BCUT2D eigenvalue weighted by Gasteiger charge is 2.24. The van der Waals surface area contributed by atoms with Crippen LogP contribution in [0.2, 0.25) is 0 Å². The molecular weight excluding hydrogens is 224 g/mol. The van der Waals surface area contributed by atoms with Gasteiger partial charge in [-0.1, -0.05) is 20.8 Å². The van der Waals surface area contributed by atoms with Crippen molar-refractivity contribution in [1.82, 2.24) is 14.9 Å². The molecule has 0 fully saturated rings. The van der Waals surface area contributed by atoms with E-state index >= 15 is 0 Å². The summed E-state index contributed by atoms with van der Waals surface area (Å²) in [6.45, 7) is 13.6. The number of nitrogens with two attached hydrogens (primary N) is 1. The van der Waals surface area contributed by atoms with Crippen molar-refractivity contribution in [3.8, 4) is 0 Å². The molecule has 0 aromatic carbocycles. The molecule has 0 amide bonds. The average Bonchev–Trinajstić information content (AvgIpc) is 2.60. The molecule has 104 valence electrons. The number of hydrogen-bond donors (Lipinski definition) is 2. The van der Waals surface area contributed by atoms with E-state index in [2.05, 4.69) is 51.1 Å². The Hall–Kier alpha value is -0.870. The third kappa shape index (κ3) is 5.65. The van der Waals surface area contributed by atoms with Gasteiger partial charge in [-0.2, -0.15) is 0 Å². The zero-order chi connectivity index (χ0) is 13.8. The highest BCUT2D eigenvalue weighted by Crippen LogP contribution is 2.26. The van der Waals surface area contributed by atoms with Crippen LogP contribution < -0.4 is 11.1 Å². The molecule has 0 radical (unpaired) electrons. The fourth-order valence-electron chi connectivity index (χ4n) is 2.49. The third-order valence-corrected chi connectivity index (χ3v) is 2.79. The maximum Gasteiger partial charge on any atom is 0.0950 e. The zero-order valence-electron chi connectivity index (χ0n) is 12.5. The van der Waals surface area contributed by atoms with Gasteiger partial charge in [0, 0.05) is 31.4 Å². The molecule has 0 bridgehead atoms. The van der Waals surface area contributed by atoms with Gasteiger partial charge >= 0.3 is 0 Å². The summed E-state index contributed by atoms with van der Waals surface area (Å²) in [7, 11) is 0. The lowest BCUT2D eigenvalue weighted by Gasteiger charge is -2.33. The maximum atomic E-state index is 5.52. The maximum absolute atomic E-state index is 5.52. The monoisotopic (exact) mass is 252 g/mol. The average molecular weight is 252 g/mol. The van der Waals surface area contributed by atoms with E-state index < -0.39 is 0 Å². The molecule has 1 heterocycles. The van der Waals surface area contributed by atoms with Gasteiger partial charge in [0.25, 0.3) is 0 Å². The Bertz CT molecular complexity index is 360. The molecule has 4 nitrogen and oxygen atoms in total. The Morgan fingerprint density at radius 1 is 1.28 bits per heavy atom. The molecule has 1 aromatic heterocycles. The lowest BCUT2D eigenvalue weighted by atomic mass is 9.82. The molecule has 0 saturated carbocycles. The van der Waals surface area contributed by atoms with Crippen molar-refractivity contribution in [3.05, 3.63) is 18.2 Å². The van der Waals surface area contributed by atoms with Gasteiger partial charge in [0.1, 0.15) is 0 Å². The van der Waals surface area contributed by atoms with E-state index in [-0.39, 0.29) is 5.54 Å². The molecule has 18 heavy (non-hydrogen) atoms. The second-order valence-corrected chi connectivity index (χ2v) is 6.87. The van der Waals surface area contributed by atoms with Crippen LogP contribution in [-0.4, -0.2) is 21.6 Å². The van der Waals surface area contributed by atoms with Crippen LogP contribution in [0.4, 0.5) is 0 Å². The van der Waals surface area contributed by atoms with Crippen LogP contribution in [0.3, 0.4) is 0 Å². The van der Waals surface area contributed by atoms with Crippen molar-refractivity contribution in [3.63, 3.8) is 0 Å². The predicted molar refractivity (Wildman–Crippen MR) is 76.3 cm³/mol. The van der Waals surface area contributed by atoms with Crippen LogP contribution in [0, 0.1) is 5.41 Å². The first-order chi connectivity index (χ1) is 8.22. The van der Waals surface area contributed by atoms with E-state index in [1.165, 1.54) is 0 Å². The molecule has 4 heteroatoms. The Kier molecular flexibility index (Phi) is 4.93. The molecule has 0 atom stereocenters. The summed E-state index contributed by atoms with van der Waals surface area (Å²) in [6.07, 6.45) is 5.04. The van der Waals surface area contributed by atoms with Gasteiger partial charge < -0.3 is 15.6 Å². The zero-order valence-corrected chi connectivity index (χ0v) is 12.5. The summed E-state index contributed by atoms with van der Waals surface area (Å²) < 4.78 is 2.04. The third-order valence-electron chi connectivity index (χ3n) is 2.79. The number of rotatable bonds is 6. The summed E-state index contributed by atoms with van der Waals surface area (Å²) in [5.41, 5.74) is 7.04. The van der Waals surface area contributed by atoms with Gasteiger partial charge in [0.2, 0.25) is 0 Å². The smallest absolute Gasteiger partial charge is 0.0950 e. The Morgan fingerprint density at radius 2 is 1.94 bits per heavy atom. The van der Waals surface area contributed by atoms with Crippen LogP contribution in [0.15, 0.2) is 12.5 Å². The summed E-state index contributed by atoms with van der Waals surface area (Å²) in [4.78, 5) is 4.38. The van der Waals surface area contributed by atoms with Gasteiger partial charge in [-0.3, -0.25) is 0 Å². The first kappa shape index (κ1) is 15.2. The highest BCUT2D eigenvalue weighted by atomic mass is 15.1. The lowest BCUT2D eigenvalue weighted by Crippen LogP contribution is -2.41. The number of hydrogen-bond acceptors (Lipinski definition) is 3. The Morgan fingerprint density at radius 3 is 2.50 bits per heavy atom. The molecular formula is C14H28N4. The fraction of sp³-hybridized carbons (Fsp3) is 0.786. The summed E-state index contributed by atoms with van der Waals surface area (Å²) in [5.74, 6) is 0. The fourth-order valence-corrected chi connectivity index (χ4v) is 2.49. The van der Waals surface area contributed by atoms with Crippen LogP contribution in [0.5, 0.6) is 0 Å². The summed E-state index contributed by atoms with van der Waals surface area (Å²) >= 11 is 0. The minimum Gasteiger partial charge on any atom is -0.336 e. The van der Waals surface area contributed by atoms with Crippen LogP contribution in [-0.2, 0) is 13.1 Å². The van der Waals surface area contributed by atoms with Crippen LogP contribution >= 0.6 is 0 Å². The van der Waals surface area contributed by atoms with E-state index in [0.717, 1.165) is 25.2 Å². The first-order valence-electron chi connectivity index (χ1n) is 6.68. The number of aromatic nitrogens is 2. The number of nitrogens with one attached hydrogen (secondary N) is 1. The van der Waals surface area contributed by atoms with Gasteiger partial charge in [0.05, 0.1) is 12.0 Å².